The molecule has 162 valence electrons. The predicted molar refractivity (Wildman–Crippen MR) is 111 cm³/mol. The molecule has 31 heavy (non-hydrogen) atoms. The molecule has 0 bridgehead atoms. The molecule has 0 saturated heterocycles. The highest BCUT2D eigenvalue weighted by atomic mass is 16.6. The average molecular weight is 426 g/mol. The highest BCUT2D eigenvalue weighted by molar-refractivity contribution is 6.07. The number of methoxy groups -OCH3 is 1. The summed E-state index contributed by atoms with van der Waals surface area (Å²) in [6.45, 7) is 4.07. The van der Waals surface area contributed by atoms with Crippen molar-refractivity contribution in [2.45, 2.75) is 26.5 Å². The van der Waals surface area contributed by atoms with Gasteiger partial charge < -0.3 is 29.3 Å². The second-order valence-corrected chi connectivity index (χ2v) is 6.94. The molecular formula is C21H22N4O6. The van der Waals surface area contributed by atoms with Crippen LogP contribution >= 0.6 is 0 Å². The fraction of sp³-hybridized carbons (Fsp3) is 0.333. The number of aryl methyl sites for hydroxylation is 1. The lowest BCUT2D eigenvalue weighted by molar-refractivity contribution is -0.148. The van der Waals surface area contributed by atoms with E-state index in [0.29, 0.717) is 22.7 Å². The number of hydrogen-bond donors (Lipinski definition) is 1. The molecule has 1 aromatic carbocycles. The molecule has 2 N–H and O–H groups in total. The van der Waals surface area contributed by atoms with E-state index >= 15 is 0 Å². The Bertz CT molecular complexity index is 1160. The lowest BCUT2D eigenvalue weighted by Crippen LogP contribution is -2.44. The molecule has 2 aromatic heterocycles. The number of anilines is 2. The summed E-state index contributed by atoms with van der Waals surface area (Å²) in [7, 11) is 1.31. The van der Waals surface area contributed by atoms with Crippen molar-refractivity contribution in [2.75, 3.05) is 30.9 Å². The van der Waals surface area contributed by atoms with E-state index in [1.807, 2.05) is 23.1 Å². The number of hydrogen-bond acceptors (Lipinski definition) is 10. The summed E-state index contributed by atoms with van der Waals surface area (Å²) < 4.78 is 21.4. The van der Waals surface area contributed by atoms with Crippen LogP contribution in [0.1, 0.15) is 28.9 Å². The topological polar surface area (TPSA) is 130 Å². The first-order valence-electron chi connectivity index (χ1n) is 9.74. The van der Waals surface area contributed by atoms with Gasteiger partial charge in [0.1, 0.15) is 22.9 Å². The number of rotatable bonds is 5. The van der Waals surface area contributed by atoms with Gasteiger partial charge in [0.2, 0.25) is 11.8 Å². The number of para-hydroxylation sites is 2. The molecule has 4 rings (SSSR count). The Morgan fingerprint density at radius 1 is 1.29 bits per heavy atom. The summed E-state index contributed by atoms with van der Waals surface area (Å²) in [5.74, 6) is 0.382. The van der Waals surface area contributed by atoms with Gasteiger partial charge in [-0.3, -0.25) is 0 Å². The van der Waals surface area contributed by atoms with Gasteiger partial charge in [-0.15, -0.1) is 0 Å². The van der Waals surface area contributed by atoms with E-state index in [2.05, 4.69) is 9.97 Å². The van der Waals surface area contributed by atoms with Crippen LogP contribution in [0.2, 0.25) is 0 Å². The fourth-order valence-corrected chi connectivity index (χ4v) is 3.58. The minimum absolute atomic E-state index is 0.117. The maximum Gasteiger partial charge on any atom is 0.348 e. The molecule has 0 radical (unpaired) electrons. The second-order valence-electron chi connectivity index (χ2n) is 6.94. The SMILES string of the molecule is CCOC(=O)c1c(C)oc2nc(CN3CC(C(=O)OC)Oc4ccccc43)nc(N)c12. The van der Waals surface area contributed by atoms with Crippen molar-refractivity contribution < 1.29 is 28.2 Å². The van der Waals surface area contributed by atoms with Gasteiger partial charge in [-0.2, -0.15) is 4.98 Å². The lowest BCUT2D eigenvalue weighted by Gasteiger charge is -2.34. The molecule has 3 aromatic rings. The number of esters is 2. The van der Waals surface area contributed by atoms with Crippen molar-refractivity contribution in [3.63, 3.8) is 0 Å². The number of benzene rings is 1. The molecule has 0 aliphatic carbocycles. The second kappa shape index (κ2) is 8.13. The van der Waals surface area contributed by atoms with Crippen LogP contribution in [0.5, 0.6) is 5.75 Å². The summed E-state index contributed by atoms with van der Waals surface area (Å²) in [5.41, 5.74) is 7.38. The van der Waals surface area contributed by atoms with Crippen LogP contribution in [0.25, 0.3) is 11.1 Å². The van der Waals surface area contributed by atoms with Gasteiger partial charge >= 0.3 is 11.9 Å². The minimum Gasteiger partial charge on any atom is -0.475 e. The van der Waals surface area contributed by atoms with E-state index < -0.39 is 18.0 Å². The van der Waals surface area contributed by atoms with Crippen molar-refractivity contribution in [1.82, 2.24) is 9.97 Å². The zero-order valence-corrected chi connectivity index (χ0v) is 17.4. The Kier molecular flexibility index (Phi) is 5.37. The molecule has 0 saturated carbocycles. The van der Waals surface area contributed by atoms with Gasteiger partial charge in [-0.25, -0.2) is 14.6 Å². The lowest BCUT2D eigenvalue weighted by atomic mass is 10.1. The Morgan fingerprint density at radius 2 is 2.06 bits per heavy atom. The third-order valence-corrected chi connectivity index (χ3v) is 4.94. The number of furan rings is 1. The Labute approximate surface area is 177 Å². The van der Waals surface area contributed by atoms with Crippen LogP contribution in [-0.4, -0.2) is 48.3 Å². The first-order valence-corrected chi connectivity index (χ1v) is 9.74. The largest absolute Gasteiger partial charge is 0.475 e. The highest BCUT2D eigenvalue weighted by Crippen LogP contribution is 2.35. The van der Waals surface area contributed by atoms with Crippen LogP contribution in [0, 0.1) is 6.92 Å². The van der Waals surface area contributed by atoms with Crippen molar-refractivity contribution in [1.29, 1.82) is 0 Å². The van der Waals surface area contributed by atoms with Gasteiger partial charge in [-0.05, 0) is 26.0 Å². The third kappa shape index (κ3) is 3.72. The van der Waals surface area contributed by atoms with E-state index in [-0.39, 0.29) is 36.8 Å². The number of carbonyl (C=O) groups excluding carboxylic acids is 2. The molecule has 1 atom stereocenters. The van der Waals surface area contributed by atoms with E-state index in [1.54, 1.807) is 19.9 Å². The van der Waals surface area contributed by atoms with Crippen LogP contribution in [-0.2, 0) is 20.8 Å². The zero-order valence-electron chi connectivity index (χ0n) is 17.4. The molecule has 3 heterocycles. The quantitative estimate of drug-likeness (QED) is 0.606. The van der Waals surface area contributed by atoms with Crippen molar-refractivity contribution in [2.24, 2.45) is 0 Å². The summed E-state index contributed by atoms with van der Waals surface area (Å²) in [5, 5.41) is 0.328. The Balaban J connectivity index is 1.70. The number of fused-ring (bicyclic) bond motifs is 2. The molecule has 0 amide bonds. The van der Waals surface area contributed by atoms with E-state index in [1.165, 1.54) is 7.11 Å². The normalized spacial score (nSPS) is 15.3. The van der Waals surface area contributed by atoms with Gasteiger partial charge in [0.15, 0.2) is 5.82 Å². The Morgan fingerprint density at radius 3 is 2.81 bits per heavy atom. The number of nitrogens with zero attached hydrogens (tertiary/aromatic N) is 3. The predicted octanol–water partition coefficient (Wildman–Crippen LogP) is 2.23. The molecule has 1 aliphatic heterocycles. The summed E-state index contributed by atoms with van der Waals surface area (Å²) in [6, 6.07) is 7.34. The summed E-state index contributed by atoms with van der Waals surface area (Å²) in [6.07, 6.45) is -0.790. The number of aromatic nitrogens is 2. The first-order chi connectivity index (χ1) is 14.9. The molecule has 0 spiro atoms. The molecular weight excluding hydrogens is 404 g/mol. The van der Waals surface area contributed by atoms with Crippen LogP contribution in [0.4, 0.5) is 11.5 Å². The number of ether oxygens (including phenoxy) is 3. The Hall–Kier alpha value is -3.82. The van der Waals surface area contributed by atoms with E-state index in [4.69, 9.17) is 24.4 Å². The maximum absolute atomic E-state index is 12.3. The molecule has 10 nitrogen and oxygen atoms in total. The maximum atomic E-state index is 12.3. The van der Waals surface area contributed by atoms with E-state index in [0.717, 1.165) is 5.69 Å². The van der Waals surface area contributed by atoms with Crippen LogP contribution in [0.3, 0.4) is 0 Å². The molecule has 1 unspecified atom stereocenters. The van der Waals surface area contributed by atoms with Crippen molar-refractivity contribution in [3.05, 3.63) is 41.4 Å². The van der Waals surface area contributed by atoms with Crippen LogP contribution < -0.4 is 15.4 Å². The zero-order chi connectivity index (χ0) is 22.1. The first kappa shape index (κ1) is 20.5. The minimum atomic E-state index is -0.790. The van der Waals surface area contributed by atoms with Gasteiger partial charge in [0.05, 0.1) is 37.9 Å². The number of nitrogens with two attached hydrogens (primary N) is 1. The van der Waals surface area contributed by atoms with Crippen molar-refractivity contribution in [3.8, 4) is 5.75 Å². The molecule has 1 aliphatic rings. The monoisotopic (exact) mass is 426 g/mol. The van der Waals surface area contributed by atoms with Gasteiger partial charge in [-0.1, -0.05) is 12.1 Å². The van der Waals surface area contributed by atoms with Gasteiger partial charge in [0, 0.05) is 0 Å². The number of nitrogen functional groups attached to an aromatic ring is 1. The smallest absolute Gasteiger partial charge is 0.348 e. The molecule has 0 fully saturated rings. The summed E-state index contributed by atoms with van der Waals surface area (Å²) >= 11 is 0. The highest BCUT2D eigenvalue weighted by Gasteiger charge is 2.32. The molecule has 10 heteroatoms. The van der Waals surface area contributed by atoms with Crippen molar-refractivity contribution >= 4 is 34.5 Å². The third-order valence-electron chi connectivity index (χ3n) is 4.94. The average Bonchev–Trinajstić information content (AvgIpc) is 3.09. The van der Waals surface area contributed by atoms with Crippen LogP contribution in [0.15, 0.2) is 28.7 Å². The standard InChI is InChI=1S/C21H22N4O6/c1-4-29-21(27)16-11(2)30-19-17(16)18(22)23-15(24-19)10-25-9-14(20(26)28-3)31-13-8-6-5-7-12(13)25/h5-8,14H,4,9-10H2,1-3H3,(H2,22,23,24). The van der Waals surface area contributed by atoms with Gasteiger partial charge in [0.25, 0.3) is 0 Å². The summed E-state index contributed by atoms with van der Waals surface area (Å²) in [4.78, 5) is 35.1. The number of carbonyl (C=O) groups is 2. The van der Waals surface area contributed by atoms with E-state index in [9.17, 15) is 9.59 Å². The fourth-order valence-electron chi connectivity index (χ4n) is 3.58.